The maximum absolute atomic E-state index is 10.4. The minimum absolute atomic E-state index is 1.01. The Labute approximate surface area is 59.1 Å². The zero-order valence-corrected chi connectivity index (χ0v) is 6.79. The Balaban J connectivity index is 3.65. The number of nitrogens with two attached hydrogens (primary N) is 2. The summed E-state index contributed by atoms with van der Waals surface area (Å²) >= 11 is 0. The Morgan fingerprint density at radius 2 is 2.00 bits per heavy atom. The van der Waals surface area contributed by atoms with Gasteiger partial charge in [0.15, 0.2) is 0 Å². The Kier molecular flexibility index (Phi) is 3.42. The van der Waals surface area contributed by atoms with Gasteiger partial charge >= 0.3 is 24.2 Å². The van der Waals surface area contributed by atoms with Gasteiger partial charge in [0.05, 0.1) is 0 Å². The smallest absolute Gasteiger partial charge is 0.494 e. The molecule has 2 amide bonds. The van der Waals surface area contributed by atoms with Crippen molar-refractivity contribution in [3.8, 4) is 0 Å². The number of nitrogens with one attached hydrogen (secondary N) is 1. The maximum atomic E-state index is 10.4. The van der Waals surface area contributed by atoms with E-state index in [-0.39, 0.29) is 0 Å². The predicted molar refractivity (Wildman–Crippen MR) is 30.9 cm³/mol. The van der Waals surface area contributed by atoms with Crippen LogP contribution in [0.3, 0.4) is 0 Å². The second kappa shape index (κ2) is 3.84. The third-order valence-electron chi connectivity index (χ3n) is 0.419. The molecule has 7 nitrogen and oxygen atoms in total. The molecular formula is CH5N3O4Si2. The van der Waals surface area contributed by atoms with E-state index in [0.29, 0.717) is 0 Å². The molecule has 5 N–H and O–H groups in total. The predicted octanol–water partition coefficient (Wildman–Crippen LogP) is -2.54. The number of carbonyl (C=O) groups is 1. The minimum atomic E-state index is -2.86. The number of primary amides is 1. The van der Waals surface area contributed by atoms with Gasteiger partial charge in [0.25, 0.3) is 0 Å². The first-order valence-corrected chi connectivity index (χ1v) is 4.81. The Morgan fingerprint density at radius 1 is 1.50 bits per heavy atom. The fourth-order valence-electron chi connectivity index (χ4n) is 0.217. The highest BCUT2D eigenvalue weighted by Crippen LogP contribution is 1.64. The van der Waals surface area contributed by atoms with Gasteiger partial charge in [-0.3, -0.25) is 4.98 Å². The van der Waals surface area contributed by atoms with Crippen LogP contribution < -0.4 is 16.1 Å². The lowest BCUT2D eigenvalue weighted by molar-refractivity contribution is 0.251. The van der Waals surface area contributed by atoms with Gasteiger partial charge in [0.1, 0.15) is 0 Å². The first kappa shape index (κ1) is 8.90. The molecule has 0 spiro atoms. The zero-order valence-electron chi connectivity index (χ0n) is 4.79. The van der Waals surface area contributed by atoms with Crippen LogP contribution in [0.2, 0.25) is 0 Å². The fraction of sp³-hybridized carbons (Fsp3) is 0. The minimum Gasteiger partial charge on any atom is -0.494 e. The van der Waals surface area contributed by atoms with E-state index < -0.39 is 24.2 Å². The third kappa shape index (κ3) is 5.05. The highest BCUT2D eigenvalue weighted by Gasteiger charge is 2.14. The lowest BCUT2D eigenvalue weighted by Crippen LogP contribution is -2.41. The van der Waals surface area contributed by atoms with E-state index >= 15 is 0 Å². The molecule has 0 rings (SSSR count). The van der Waals surface area contributed by atoms with Gasteiger partial charge in [-0.05, 0) is 0 Å². The summed E-state index contributed by atoms with van der Waals surface area (Å²) in [6, 6.07) is -1.01. The second-order valence-electron chi connectivity index (χ2n) is 1.20. The van der Waals surface area contributed by atoms with Crippen LogP contribution in [0, 0.1) is 0 Å². The van der Waals surface area contributed by atoms with Gasteiger partial charge in [0.2, 0.25) is 0 Å². The first-order valence-electron chi connectivity index (χ1n) is 2.10. The van der Waals surface area contributed by atoms with Gasteiger partial charge < -0.3 is 24.2 Å². The largest absolute Gasteiger partial charge is 0.637 e. The molecule has 9 heteroatoms. The van der Waals surface area contributed by atoms with Crippen LogP contribution in [0.4, 0.5) is 4.79 Å². The molecule has 0 saturated heterocycles. The van der Waals surface area contributed by atoms with Crippen LogP contribution in [-0.2, 0) is 13.0 Å². The molecule has 0 aliphatic rings. The van der Waals surface area contributed by atoms with E-state index in [4.69, 9.17) is 0 Å². The van der Waals surface area contributed by atoms with Crippen LogP contribution in [-0.4, -0.2) is 24.2 Å². The summed E-state index contributed by atoms with van der Waals surface area (Å²) in [5, 5.41) is 4.63. The topological polar surface area (TPSA) is 125 Å². The van der Waals surface area contributed by atoms with Gasteiger partial charge in [0, 0.05) is 0 Å². The number of rotatable bonds is 3. The highest BCUT2D eigenvalue weighted by atomic mass is 28.4. The van der Waals surface area contributed by atoms with Crippen molar-refractivity contribution in [2.45, 2.75) is 0 Å². The molecule has 0 bridgehead atoms. The average molecular weight is 179 g/mol. The van der Waals surface area contributed by atoms with E-state index in [0.717, 1.165) is 0 Å². The molecule has 0 saturated carbocycles. The molecule has 0 aliphatic heterocycles. The van der Waals surface area contributed by atoms with Crippen molar-refractivity contribution >= 4 is 24.2 Å². The van der Waals surface area contributed by atoms with E-state index in [1.165, 1.54) is 0 Å². The van der Waals surface area contributed by atoms with Crippen LogP contribution in [0.1, 0.15) is 0 Å². The summed E-state index contributed by atoms with van der Waals surface area (Å²) in [5.74, 6) is 0. The molecule has 10 heavy (non-hydrogen) atoms. The summed E-state index contributed by atoms with van der Waals surface area (Å²) in [5.41, 5.74) is 4.53. The van der Waals surface area contributed by atoms with E-state index in [9.17, 15) is 13.7 Å². The van der Waals surface area contributed by atoms with Crippen molar-refractivity contribution in [2.75, 3.05) is 0 Å². The number of amides is 2. The van der Waals surface area contributed by atoms with E-state index in [2.05, 4.69) is 15.2 Å². The monoisotopic (exact) mass is 179 g/mol. The lowest BCUT2D eigenvalue weighted by Gasteiger charge is -1.95. The zero-order chi connectivity index (χ0) is 8.15. The Bertz CT molecular complexity index is 161. The standard InChI is InChI=1S/CH5N3O4Si2/c2-1(5)4-10(7)8-9(3)6/h3H2,(H3,2,4,5). The number of hydrogen-bond acceptors (Lipinski definition) is 4. The molecular weight excluding hydrogens is 174 g/mol. The van der Waals surface area contributed by atoms with Crippen molar-refractivity contribution in [2.24, 2.45) is 11.1 Å². The summed E-state index contributed by atoms with van der Waals surface area (Å²) in [6.07, 6.45) is 0. The number of carbonyl (C=O) groups excluding carboxylic acids is 1. The molecule has 0 fully saturated rings. The quantitative estimate of drug-likeness (QED) is 0.412. The molecule has 0 atom stereocenters. The normalized spacial score (nSPS) is 8.00. The lowest BCUT2D eigenvalue weighted by atomic mass is 11.2. The molecule has 0 unspecified atom stereocenters. The Morgan fingerprint density at radius 3 is 2.30 bits per heavy atom. The van der Waals surface area contributed by atoms with Crippen LogP contribution in [0.25, 0.3) is 0 Å². The summed E-state index contributed by atoms with van der Waals surface area (Å²) in [7, 11) is -5.62. The highest BCUT2D eigenvalue weighted by molar-refractivity contribution is 6.48. The summed E-state index contributed by atoms with van der Waals surface area (Å²) in [4.78, 5) is 11.6. The molecule has 56 valence electrons. The Hall–Kier alpha value is -1.10. The van der Waals surface area contributed by atoms with Crippen molar-refractivity contribution < 1.29 is 17.8 Å². The SMILES string of the molecule is NC(=O)N[Si](=O)O[Si](N)=O. The van der Waals surface area contributed by atoms with Gasteiger partial charge in [-0.25, -0.2) is 4.79 Å². The number of urea groups is 1. The van der Waals surface area contributed by atoms with Crippen LogP contribution >= 0.6 is 0 Å². The van der Waals surface area contributed by atoms with Crippen molar-refractivity contribution in [1.82, 2.24) is 4.98 Å². The van der Waals surface area contributed by atoms with Gasteiger partial charge in [-0.1, -0.05) is 0 Å². The third-order valence-corrected chi connectivity index (χ3v) is 2.42. The van der Waals surface area contributed by atoms with Crippen molar-refractivity contribution in [3.63, 3.8) is 0 Å². The molecule has 0 aromatic carbocycles. The molecule has 0 aromatic heterocycles. The van der Waals surface area contributed by atoms with E-state index in [1.807, 2.05) is 0 Å². The van der Waals surface area contributed by atoms with Gasteiger partial charge in [-0.15, -0.1) is 0 Å². The van der Waals surface area contributed by atoms with Crippen molar-refractivity contribution in [1.29, 1.82) is 0 Å². The summed E-state index contributed by atoms with van der Waals surface area (Å²) in [6.45, 7) is 0. The van der Waals surface area contributed by atoms with E-state index in [1.54, 1.807) is 4.98 Å². The molecule has 0 aromatic rings. The number of hydrogen-bond donors (Lipinski definition) is 3. The average Bonchev–Trinajstić information content (AvgIpc) is 1.58. The molecule has 0 radical (unpaired) electrons. The molecule has 0 aliphatic carbocycles. The maximum Gasteiger partial charge on any atom is 0.637 e. The van der Waals surface area contributed by atoms with Crippen LogP contribution in [0.5, 0.6) is 0 Å². The van der Waals surface area contributed by atoms with Gasteiger partial charge in [-0.2, -0.15) is 0 Å². The second-order valence-corrected chi connectivity index (χ2v) is 3.48. The van der Waals surface area contributed by atoms with Crippen LogP contribution in [0.15, 0.2) is 0 Å². The molecule has 0 heterocycles. The fourth-order valence-corrected chi connectivity index (χ4v) is 1.35. The first-order chi connectivity index (χ1) is 4.52. The van der Waals surface area contributed by atoms with Crippen molar-refractivity contribution in [3.05, 3.63) is 0 Å². The summed E-state index contributed by atoms with van der Waals surface area (Å²) < 4.78 is 24.4.